The summed E-state index contributed by atoms with van der Waals surface area (Å²) in [4.78, 5) is 35.5. The number of nitrogens with one attached hydrogen (secondary N) is 2. The Labute approximate surface area is 136 Å². The highest BCUT2D eigenvalue weighted by molar-refractivity contribution is 6.22. The van der Waals surface area contributed by atoms with Gasteiger partial charge in [-0.2, -0.15) is 0 Å². The van der Waals surface area contributed by atoms with Crippen LogP contribution in [-0.4, -0.2) is 30.4 Å². The molecule has 2 aromatic carbocycles. The van der Waals surface area contributed by atoms with Crippen molar-refractivity contribution in [2.45, 2.75) is 6.10 Å². The summed E-state index contributed by atoms with van der Waals surface area (Å²) in [5.74, 6) is -0.211. The molecule has 0 spiro atoms. The molecular formula is C17H12N2O5. The minimum Gasteiger partial charge on any atom is -0.485 e. The van der Waals surface area contributed by atoms with E-state index in [-0.39, 0.29) is 12.2 Å². The fraction of sp³-hybridized carbons (Fsp3) is 0.118. The summed E-state index contributed by atoms with van der Waals surface area (Å²) in [6, 6.07) is 11.6. The minimum atomic E-state index is -0.802. The normalized spacial score (nSPS) is 17.9. The number of hydrogen-bond acceptors (Lipinski definition) is 5. The maximum absolute atomic E-state index is 12.3. The highest BCUT2D eigenvalue weighted by Crippen LogP contribution is 2.31. The number of benzene rings is 2. The van der Waals surface area contributed by atoms with Crippen molar-refractivity contribution < 1.29 is 23.9 Å². The highest BCUT2D eigenvalue weighted by atomic mass is 16.6. The van der Waals surface area contributed by atoms with Gasteiger partial charge in [-0.05, 0) is 30.3 Å². The summed E-state index contributed by atoms with van der Waals surface area (Å²) in [5.41, 5.74) is 0.944. The van der Waals surface area contributed by atoms with Crippen LogP contribution in [0.25, 0.3) is 0 Å². The molecule has 7 heteroatoms. The average Bonchev–Trinajstić information content (AvgIpc) is 2.88. The van der Waals surface area contributed by atoms with Crippen molar-refractivity contribution in [3.63, 3.8) is 0 Å². The lowest BCUT2D eigenvalue weighted by molar-refractivity contribution is -0.125. The molecule has 3 amide bonds. The van der Waals surface area contributed by atoms with Gasteiger partial charge in [0.1, 0.15) is 6.61 Å². The van der Waals surface area contributed by atoms with E-state index in [0.29, 0.717) is 22.7 Å². The van der Waals surface area contributed by atoms with Gasteiger partial charge in [-0.3, -0.25) is 19.7 Å². The van der Waals surface area contributed by atoms with Crippen LogP contribution in [0.4, 0.5) is 5.69 Å². The van der Waals surface area contributed by atoms with Gasteiger partial charge < -0.3 is 14.8 Å². The summed E-state index contributed by atoms with van der Waals surface area (Å²) in [6.45, 7) is 0.0900. The van der Waals surface area contributed by atoms with E-state index < -0.39 is 23.8 Å². The molecule has 0 saturated heterocycles. The quantitative estimate of drug-likeness (QED) is 0.813. The Morgan fingerprint density at radius 3 is 2.62 bits per heavy atom. The zero-order valence-corrected chi connectivity index (χ0v) is 12.4. The Hall–Kier alpha value is -3.35. The van der Waals surface area contributed by atoms with E-state index in [4.69, 9.17) is 9.47 Å². The van der Waals surface area contributed by atoms with E-state index in [9.17, 15) is 14.4 Å². The first kappa shape index (κ1) is 14.3. The maximum Gasteiger partial charge on any atom is 0.269 e. The summed E-state index contributed by atoms with van der Waals surface area (Å²) in [7, 11) is 0. The first-order valence-electron chi connectivity index (χ1n) is 7.31. The second-order valence-electron chi connectivity index (χ2n) is 5.40. The van der Waals surface area contributed by atoms with E-state index in [1.54, 1.807) is 24.3 Å². The van der Waals surface area contributed by atoms with E-state index in [2.05, 4.69) is 10.6 Å². The van der Waals surface area contributed by atoms with Gasteiger partial charge in [0.25, 0.3) is 17.7 Å². The molecule has 0 bridgehead atoms. The fourth-order valence-corrected chi connectivity index (χ4v) is 2.62. The number of carbonyl (C=O) groups is 3. The van der Waals surface area contributed by atoms with Gasteiger partial charge in [0.2, 0.25) is 6.10 Å². The van der Waals surface area contributed by atoms with Gasteiger partial charge in [-0.15, -0.1) is 0 Å². The van der Waals surface area contributed by atoms with Gasteiger partial charge in [0.15, 0.2) is 11.5 Å². The van der Waals surface area contributed by atoms with E-state index in [1.807, 2.05) is 6.07 Å². The molecule has 0 aromatic heterocycles. The number of para-hydroxylation sites is 2. The summed E-state index contributed by atoms with van der Waals surface area (Å²) >= 11 is 0. The van der Waals surface area contributed by atoms with Crippen molar-refractivity contribution >= 4 is 23.4 Å². The van der Waals surface area contributed by atoms with Crippen molar-refractivity contribution in [2.24, 2.45) is 0 Å². The smallest absolute Gasteiger partial charge is 0.269 e. The Balaban J connectivity index is 1.51. The van der Waals surface area contributed by atoms with Crippen molar-refractivity contribution in [3.8, 4) is 11.5 Å². The standard InChI is InChI=1S/C17H12N2O5/c20-15-10-6-5-9(7-11(10)16(21)19-15)18-17(22)14-8-23-12-3-1-2-4-13(12)24-14/h1-7,14H,8H2,(H,18,22)(H,19,20,21)/t14-/m1/s1. The molecule has 2 aliphatic rings. The Morgan fingerprint density at radius 2 is 1.79 bits per heavy atom. The highest BCUT2D eigenvalue weighted by Gasteiger charge is 2.29. The molecule has 0 fully saturated rings. The molecule has 2 heterocycles. The molecule has 4 rings (SSSR count). The maximum atomic E-state index is 12.3. The van der Waals surface area contributed by atoms with Crippen molar-refractivity contribution in [3.05, 3.63) is 53.6 Å². The number of carbonyl (C=O) groups excluding carboxylic acids is 3. The van der Waals surface area contributed by atoms with Crippen LogP contribution in [0.5, 0.6) is 11.5 Å². The molecule has 2 aromatic rings. The Kier molecular flexibility index (Phi) is 3.19. The van der Waals surface area contributed by atoms with E-state index in [0.717, 1.165) is 0 Å². The van der Waals surface area contributed by atoms with Gasteiger partial charge >= 0.3 is 0 Å². The molecule has 24 heavy (non-hydrogen) atoms. The number of fused-ring (bicyclic) bond motifs is 2. The predicted molar refractivity (Wildman–Crippen MR) is 83.2 cm³/mol. The van der Waals surface area contributed by atoms with Gasteiger partial charge in [0, 0.05) is 5.69 Å². The van der Waals surface area contributed by atoms with Crippen molar-refractivity contribution in [1.82, 2.24) is 5.32 Å². The van der Waals surface area contributed by atoms with Crippen LogP contribution in [-0.2, 0) is 4.79 Å². The second kappa shape index (κ2) is 5.38. The van der Waals surface area contributed by atoms with Crippen LogP contribution < -0.4 is 20.1 Å². The predicted octanol–water partition coefficient (Wildman–Crippen LogP) is 1.35. The van der Waals surface area contributed by atoms with Crippen LogP contribution in [0.2, 0.25) is 0 Å². The zero-order chi connectivity index (χ0) is 16.7. The molecule has 0 aliphatic carbocycles. The van der Waals surface area contributed by atoms with Crippen molar-refractivity contribution in [1.29, 1.82) is 0 Å². The van der Waals surface area contributed by atoms with E-state index in [1.165, 1.54) is 12.1 Å². The molecule has 1 atom stereocenters. The zero-order valence-electron chi connectivity index (χ0n) is 12.4. The lowest BCUT2D eigenvalue weighted by Crippen LogP contribution is -2.40. The van der Waals surface area contributed by atoms with Crippen LogP contribution in [0.15, 0.2) is 42.5 Å². The second-order valence-corrected chi connectivity index (χ2v) is 5.40. The molecule has 2 aliphatic heterocycles. The summed E-state index contributed by atoms with van der Waals surface area (Å²) < 4.78 is 11.1. The molecule has 2 N–H and O–H groups in total. The SMILES string of the molecule is O=C1NC(=O)c2cc(NC(=O)[C@H]3COc4ccccc4O3)ccc21. The number of ether oxygens (including phenoxy) is 2. The largest absolute Gasteiger partial charge is 0.485 e. The van der Waals surface area contributed by atoms with Gasteiger partial charge in [-0.25, -0.2) is 0 Å². The number of amides is 3. The lowest BCUT2D eigenvalue weighted by atomic mass is 10.1. The summed E-state index contributed by atoms with van der Waals surface area (Å²) in [6.07, 6.45) is -0.802. The summed E-state index contributed by atoms with van der Waals surface area (Å²) in [5, 5.41) is 4.87. The van der Waals surface area contributed by atoms with Gasteiger partial charge in [-0.1, -0.05) is 12.1 Å². The molecular weight excluding hydrogens is 312 g/mol. The van der Waals surface area contributed by atoms with Crippen LogP contribution in [0.3, 0.4) is 0 Å². The number of imide groups is 1. The molecule has 0 radical (unpaired) electrons. The first-order chi connectivity index (χ1) is 11.6. The van der Waals surface area contributed by atoms with Crippen LogP contribution in [0, 0.1) is 0 Å². The van der Waals surface area contributed by atoms with Crippen LogP contribution >= 0.6 is 0 Å². The third-order valence-corrected chi connectivity index (χ3v) is 3.80. The third-order valence-electron chi connectivity index (χ3n) is 3.80. The van der Waals surface area contributed by atoms with Gasteiger partial charge in [0.05, 0.1) is 11.1 Å². The number of hydrogen-bond donors (Lipinski definition) is 2. The molecule has 7 nitrogen and oxygen atoms in total. The van der Waals surface area contributed by atoms with E-state index >= 15 is 0 Å². The minimum absolute atomic E-state index is 0.0900. The average molecular weight is 324 g/mol. The monoisotopic (exact) mass is 324 g/mol. The topological polar surface area (TPSA) is 93.7 Å². The Morgan fingerprint density at radius 1 is 1.04 bits per heavy atom. The van der Waals surface area contributed by atoms with Crippen molar-refractivity contribution in [2.75, 3.05) is 11.9 Å². The first-order valence-corrected chi connectivity index (χ1v) is 7.31. The molecule has 0 saturated carbocycles. The Bertz CT molecular complexity index is 877. The fourth-order valence-electron chi connectivity index (χ4n) is 2.62. The third kappa shape index (κ3) is 2.36. The molecule has 0 unspecified atom stereocenters. The number of anilines is 1. The lowest BCUT2D eigenvalue weighted by Gasteiger charge is -2.25. The van der Waals surface area contributed by atoms with Crippen LogP contribution in [0.1, 0.15) is 20.7 Å². The number of rotatable bonds is 2. The molecule has 120 valence electrons.